The number of aliphatic hydroxyl groups is 1. The van der Waals surface area contributed by atoms with Crippen molar-refractivity contribution in [1.82, 2.24) is 5.32 Å². The molecule has 0 spiro atoms. The topological polar surface area (TPSA) is 32.3 Å². The van der Waals surface area contributed by atoms with E-state index < -0.39 is 0 Å². The SMILES string of the molecule is CCCC(CNC)c1ccc2c(c1)CCC(C(C)O)C2. The summed E-state index contributed by atoms with van der Waals surface area (Å²) in [7, 11) is 2.04. The van der Waals surface area contributed by atoms with E-state index in [0.717, 1.165) is 25.8 Å². The highest BCUT2D eigenvalue weighted by Crippen LogP contribution is 2.31. The Morgan fingerprint density at radius 2 is 2.15 bits per heavy atom. The second kappa shape index (κ2) is 7.24. The molecule has 2 N–H and O–H groups in total. The second-order valence-electron chi connectivity index (χ2n) is 6.31. The number of benzene rings is 1. The van der Waals surface area contributed by atoms with E-state index in [1.807, 2.05) is 14.0 Å². The lowest BCUT2D eigenvalue weighted by Crippen LogP contribution is -2.24. The van der Waals surface area contributed by atoms with Crippen LogP contribution in [0, 0.1) is 5.92 Å². The smallest absolute Gasteiger partial charge is 0.0543 e. The predicted octanol–water partition coefficient (Wildman–Crippen LogP) is 3.28. The molecular formula is C18H29NO. The third kappa shape index (κ3) is 3.62. The van der Waals surface area contributed by atoms with Crippen LogP contribution in [0.4, 0.5) is 0 Å². The number of aryl methyl sites for hydroxylation is 1. The Hall–Kier alpha value is -0.860. The van der Waals surface area contributed by atoms with Crippen LogP contribution in [0.2, 0.25) is 0 Å². The van der Waals surface area contributed by atoms with Gasteiger partial charge < -0.3 is 10.4 Å². The summed E-state index contributed by atoms with van der Waals surface area (Å²) in [5.74, 6) is 1.07. The highest BCUT2D eigenvalue weighted by atomic mass is 16.3. The molecule has 3 unspecified atom stereocenters. The number of hydrogen-bond acceptors (Lipinski definition) is 2. The molecule has 0 saturated carbocycles. The van der Waals surface area contributed by atoms with Crippen molar-refractivity contribution in [3.8, 4) is 0 Å². The number of likely N-dealkylation sites (N-methyl/N-ethyl adjacent to an activating group) is 1. The number of fused-ring (bicyclic) bond motifs is 1. The molecule has 1 aromatic carbocycles. The van der Waals surface area contributed by atoms with Gasteiger partial charge in [-0.05, 0) is 68.2 Å². The van der Waals surface area contributed by atoms with Crippen LogP contribution in [0.15, 0.2) is 18.2 Å². The van der Waals surface area contributed by atoms with Crippen molar-refractivity contribution in [3.63, 3.8) is 0 Å². The third-order valence-corrected chi connectivity index (χ3v) is 4.74. The lowest BCUT2D eigenvalue weighted by Gasteiger charge is -2.28. The van der Waals surface area contributed by atoms with E-state index in [4.69, 9.17) is 0 Å². The van der Waals surface area contributed by atoms with Crippen molar-refractivity contribution in [3.05, 3.63) is 34.9 Å². The average Bonchev–Trinajstić information content (AvgIpc) is 2.46. The number of hydrogen-bond donors (Lipinski definition) is 2. The monoisotopic (exact) mass is 275 g/mol. The van der Waals surface area contributed by atoms with Gasteiger partial charge in [0.15, 0.2) is 0 Å². The highest BCUT2D eigenvalue weighted by molar-refractivity contribution is 5.36. The van der Waals surface area contributed by atoms with Gasteiger partial charge in [0.05, 0.1) is 6.10 Å². The molecule has 2 heteroatoms. The predicted molar refractivity (Wildman–Crippen MR) is 85.2 cm³/mol. The zero-order chi connectivity index (χ0) is 14.5. The Morgan fingerprint density at radius 3 is 2.80 bits per heavy atom. The third-order valence-electron chi connectivity index (χ3n) is 4.74. The summed E-state index contributed by atoms with van der Waals surface area (Å²) in [5, 5.41) is 13.1. The first kappa shape index (κ1) is 15.5. The van der Waals surface area contributed by atoms with Gasteiger partial charge in [0.1, 0.15) is 0 Å². The molecule has 1 aliphatic carbocycles. The summed E-state index contributed by atoms with van der Waals surface area (Å²) in [5.41, 5.74) is 4.44. The fourth-order valence-corrected chi connectivity index (χ4v) is 3.45. The summed E-state index contributed by atoms with van der Waals surface area (Å²) < 4.78 is 0. The van der Waals surface area contributed by atoms with E-state index in [1.54, 1.807) is 0 Å². The maximum atomic E-state index is 9.78. The molecule has 0 fully saturated rings. The Balaban J connectivity index is 2.15. The Bertz CT molecular complexity index is 421. The largest absolute Gasteiger partial charge is 0.393 e. The van der Waals surface area contributed by atoms with Crippen LogP contribution in [0.3, 0.4) is 0 Å². The zero-order valence-electron chi connectivity index (χ0n) is 13.2. The van der Waals surface area contributed by atoms with Crippen LogP contribution >= 0.6 is 0 Å². The fourth-order valence-electron chi connectivity index (χ4n) is 3.45. The van der Waals surface area contributed by atoms with E-state index in [9.17, 15) is 5.11 Å². The maximum Gasteiger partial charge on any atom is 0.0543 e. The first-order chi connectivity index (χ1) is 9.65. The minimum Gasteiger partial charge on any atom is -0.393 e. The normalized spacial score (nSPS) is 21.3. The van der Waals surface area contributed by atoms with Gasteiger partial charge in [-0.25, -0.2) is 0 Å². The number of nitrogens with one attached hydrogen (secondary N) is 1. The molecule has 0 radical (unpaired) electrons. The quantitative estimate of drug-likeness (QED) is 0.835. The second-order valence-corrected chi connectivity index (χ2v) is 6.31. The molecule has 0 aromatic heterocycles. The first-order valence-corrected chi connectivity index (χ1v) is 8.10. The Kier molecular flexibility index (Phi) is 5.62. The molecule has 0 saturated heterocycles. The number of aliphatic hydroxyl groups excluding tert-OH is 1. The highest BCUT2D eigenvalue weighted by Gasteiger charge is 2.23. The molecule has 3 atom stereocenters. The van der Waals surface area contributed by atoms with E-state index in [1.165, 1.54) is 29.5 Å². The van der Waals surface area contributed by atoms with Crippen molar-refractivity contribution in [2.24, 2.45) is 5.92 Å². The van der Waals surface area contributed by atoms with Gasteiger partial charge in [-0.15, -0.1) is 0 Å². The van der Waals surface area contributed by atoms with Crippen LogP contribution in [-0.2, 0) is 12.8 Å². The van der Waals surface area contributed by atoms with E-state index in [0.29, 0.717) is 11.8 Å². The van der Waals surface area contributed by atoms with Crippen LogP contribution in [-0.4, -0.2) is 24.8 Å². The van der Waals surface area contributed by atoms with Crippen LogP contribution < -0.4 is 5.32 Å². The van der Waals surface area contributed by atoms with Crippen molar-refractivity contribution < 1.29 is 5.11 Å². The summed E-state index contributed by atoms with van der Waals surface area (Å²) >= 11 is 0. The minimum absolute atomic E-state index is 0.181. The Labute approximate surface area is 123 Å². The van der Waals surface area contributed by atoms with Crippen molar-refractivity contribution in [2.45, 2.75) is 58.0 Å². The van der Waals surface area contributed by atoms with Gasteiger partial charge in [0.25, 0.3) is 0 Å². The molecule has 1 aliphatic rings. The van der Waals surface area contributed by atoms with E-state index >= 15 is 0 Å². The van der Waals surface area contributed by atoms with Crippen molar-refractivity contribution >= 4 is 0 Å². The van der Waals surface area contributed by atoms with Crippen LogP contribution in [0.5, 0.6) is 0 Å². The van der Waals surface area contributed by atoms with Gasteiger partial charge >= 0.3 is 0 Å². The molecule has 1 aromatic rings. The van der Waals surface area contributed by atoms with Gasteiger partial charge in [-0.1, -0.05) is 31.5 Å². The molecule has 2 nitrogen and oxygen atoms in total. The molecule has 0 amide bonds. The lowest BCUT2D eigenvalue weighted by molar-refractivity contribution is 0.116. The number of rotatable bonds is 6. The zero-order valence-corrected chi connectivity index (χ0v) is 13.2. The maximum absolute atomic E-state index is 9.78. The van der Waals surface area contributed by atoms with Crippen molar-refractivity contribution in [1.29, 1.82) is 0 Å². The van der Waals surface area contributed by atoms with E-state index in [-0.39, 0.29) is 6.10 Å². The van der Waals surface area contributed by atoms with E-state index in [2.05, 4.69) is 30.4 Å². The van der Waals surface area contributed by atoms with Gasteiger partial charge in [-0.3, -0.25) is 0 Å². The minimum atomic E-state index is -0.181. The fraction of sp³-hybridized carbons (Fsp3) is 0.667. The molecule has 0 heterocycles. The summed E-state index contributed by atoms with van der Waals surface area (Å²) in [6.07, 6.45) is 5.58. The lowest BCUT2D eigenvalue weighted by atomic mass is 9.79. The standard InChI is InChI=1S/C18H29NO/c1-4-5-18(12-19-3)17-9-8-15-10-14(13(2)20)6-7-16(15)11-17/h8-9,11,13-14,18-20H,4-7,10,12H2,1-3H3. The molecule has 112 valence electrons. The van der Waals surface area contributed by atoms with Gasteiger partial charge in [0.2, 0.25) is 0 Å². The summed E-state index contributed by atoms with van der Waals surface area (Å²) in [4.78, 5) is 0. The summed E-state index contributed by atoms with van der Waals surface area (Å²) in [6.45, 7) is 5.24. The molecular weight excluding hydrogens is 246 g/mol. The van der Waals surface area contributed by atoms with Gasteiger partial charge in [-0.2, -0.15) is 0 Å². The average molecular weight is 275 g/mol. The van der Waals surface area contributed by atoms with Crippen molar-refractivity contribution in [2.75, 3.05) is 13.6 Å². The molecule has 0 aliphatic heterocycles. The molecule has 0 bridgehead atoms. The van der Waals surface area contributed by atoms with Crippen LogP contribution in [0.25, 0.3) is 0 Å². The first-order valence-electron chi connectivity index (χ1n) is 8.10. The van der Waals surface area contributed by atoms with Gasteiger partial charge in [0, 0.05) is 6.54 Å². The molecule has 20 heavy (non-hydrogen) atoms. The summed E-state index contributed by atoms with van der Waals surface area (Å²) in [6, 6.07) is 7.03. The molecule has 2 rings (SSSR count). The Morgan fingerprint density at radius 1 is 1.35 bits per heavy atom. The van der Waals surface area contributed by atoms with Crippen LogP contribution in [0.1, 0.15) is 55.7 Å².